The molecule has 140 valence electrons. The Hall–Kier alpha value is -1.54. The van der Waals surface area contributed by atoms with Gasteiger partial charge in [-0.1, -0.05) is 12.1 Å². The predicted octanol–water partition coefficient (Wildman–Crippen LogP) is 0.637. The van der Waals surface area contributed by atoms with Crippen molar-refractivity contribution in [1.82, 2.24) is 5.32 Å². The number of likely N-dealkylation sites (N-methyl/N-ethyl adjacent to an activating group) is 1. The first kappa shape index (κ1) is 19.2. The minimum Gasteiger partial charge on any atom is -0.356 e. The Morgan fingerprint density at radius 2 is 2.04 bits per heavy atom. The summed E-state index contributed by atoms with van der Waals surface area (Å²) in [4.78, 5) is 4.59. The van der Waals surface area contributed by atoms with Crippen molar-refractivity contribution in [2.75, 3.05) is 45.1 Å². The van der Waals surface area contributed by atoms with Crippen LogP contribution in [0, 0.1) is 12.7 Å². The third kappa shape index (κ3) is 5.01. The monoisotopic (exact) mass is 394 g/mol. The van der Waals surface area contributed by atoms with Crippen LogP contribution in [0.25, 0.3) is 0 Å². The molecule has 1 aliphatic rings. The van der Waals surface area contributed by atoms with E-state index in [1.54, 1.807) is 34.1 Å². The maximum Gasteiger partial charge on any atom is 0.171 e. The van der Waals surface area contributed by atoms with E-state index in [9.17, 15) is 4.39 Å². The number of thiophene rings is 1. The number of nitrogens with one attached hydrogen (secondary N) is 4. The van der Waals surface area contributed by atoms with Crippen molar-refractivity contribution < 1.29 is 14.2 Å². The Labute approximate surface area is 164 Å². The lowest BCUT2D eigenvalue weighted by atomic mass is 10.1. The smallest absolute Gasteiger partial charge is 0.171 e. The zero-order chi connectivity index (χ0) is 18.5. The van der Waals surface area contributed by atoms with Crippen LogP contribution in [0.3, 0.4) is 0 Å². The summed E-state index contributed by atoms with van der Waals surface area (Å²) in [5.74, 6) is -0.223. The Balaban J connectivity index is 1.60. The van der Waals surface area contributed by atoms with Crippen LogP contribution in [0.15, 0.2) is 35.7 Å². The summed E-state index contributed by atoms with van der Waals surface area (Å²) >= 11 is 7.23. The Kier molecular flexibility index (Phi) is 6.58. The SMILES string of the molecule is Cc1ccc(NC(=S)NC[C@@H](c2cccs2)[NH+]2CC[NH+](C)CC2)cc1F. The van der Waals surface area contributed by atoms with Crippen LogP contribution in [0.4, 0.5) is 10.1 Å². The maximum absolute atomic E-state index is 13.7. The van der Waals surface area contributed by atoms with Gasteiger partial charge in [0.2, 0.25) is 0 Å². The van der Waals surface area contributed by atoms with E-state index >= 15 is 0 Å². The van der Waals surface area contributed by atoms with E-state index in [1.807, 2.05) is 6.07 Å². The summed E-state index contributed by atoms with van der Waals surface area (Å²) in [6.07, 6.45) is 0. The predicted molar refractivity (Wildman–Crippen MR) is 110 cm³/mol. The largest absolute Gasteiger partial charge is 0.356 e. The lowest BCUT2D eigenvalue weighted by Gasteiger charge is -2.33. The molecule has 3 rings (SSSR count). The first-order chi connectivity index (χ1) is 12.5. The van der Waals surface area contributed by atoms with Crippen LogP contribution < -0.4 is 20.4 Å². The fourth-order valence-electron chi connectivity index (χ4n) is 3.32. The van der Waals surface area contributed by atoms with Gasteiger partial charge in [0.15, 0.2) is 5.11 Å². The third-order valence-electron chi connectivity index (χ3n) is 5.02. The second-order valence-electron chi connectivity index (χ2n) is 6.98. The highest BCUT2D eigenvalue weighted by Crippen LogP contribution is 2.16. The molecule has 7 heteroatoms. The molecule has 4 nitrogen and oxygen atoms in total. The van der Waals surface area contributed by atoms with Crippen molar-refractivity contribution in [3.63, 3.8) is 0 Å². The first-order valence-corrected chi connectivity index (χ1v) is 10.3. The van der Waals surface area contributed by atoms with Crippen LogP contribution in [0.2, 0.25) is 0 Å². The van der Waals surface area contributed by atoms with Gasteiger partial charge in [0.25, 0.3) is 0 Å². The van der Waals surface area contributed by atoms with Crippen LogP contribution >= 0.6 is 23.6 Å². The molecular formula is C19H27FN4S2+2. The topological polar surface area (TPSA) is 32.9 Å². The fraction of sp³-hybridized carbons (Fsp3) is 0.421. The number of hydrogen-bond acceptors (Lipinski definition) is 2. The summed E-state index contributed by atoms with van der Waals surface area (Å²) < 4.78 is 13.7. The van der Waals surface area contributed by atoms with Crippen molar-refractivity contribution in [2.24, 2.45) is 0 Å². The standard InChI is InChI=1S/C19H25FN4S2/c1-14-5-6-15(12-16(14)20)22-19(25)21-13-17(18-4-3-11-26-18)24-9-7-23(2)8-10-24/h3-6,11-12,17H,7-10,13H2,1-2H3,(H2,21,22,25)/p+2/t17-/m0/s1. The zero-order valence-corrected chi connectivity index (χ0v) is 16.9. The minimum atomic E-state index is -0.223. The molecule has 2 heterocycles. The molecule has 2 aromatic rings. The van der Waals surface area contributed by atoms with E-state index in [-0.39, 0.29) is 5.82 Å². The molecule has 0 bridgehead atoms. The van der Waals surface area contributed by atoms with Gasteiger partial charge in [0.1, 0.15) is 38.0 Å². The van der Waals surface area contributed by atoms with E-state index < -0.39 is 0 Å². The van der Waals surface area contributed by atoms with Crippen LogP contribution in [0.1, 0.15) is 16.5 Å². The summed E-state index contributed by atoms with van der Waals surface area (Å²) in [6.45, 7) is 7.25. The second-order valence-corrected chi connectivity index (χ2v) is 8.37. The van der Waals surface area contributed by atoms with Crippen LogP contribution in [-0.4, -0.2) is 44.9 Å². The van der Waals surface area contributed by atoms with Gasteiger partial charge in [-0.05, 0) is 48.3 Å². The van der Waals surface area contributed by atoms with Gasteiger partial charge in [0.05, 0.1) is 18.5 Å². The summed E-state index contributed by atoms with van der Waals surface area (Å²) in [5.41, 5.74) is 1.31. The third-order valence-corrected chi connectivity index (χ3v) is 6.25. The van der Waals surface area contributed by atoms with Crippen molar-refractivity contribution in [3.05, 3.63) is 52.0 Å². The maximum atomic E-state index is 13.7. The van der Waals surface area contributed by atoms with Crippen LogP contribution in [0.5, 0.6) is 0 Å². The normalized spacial score (nSPS) is 21.2. The molecule has 0 unspecified atom stereocenters. The van der Waals surface area contributed by atoms with Gasteiger partial charge in [0, 0.05) is 5.69 Å². The Bertz CT molecular complexity index is 727. The number of thiocarbonyl (C=S) groups is 1. The number of piperazine rings is 1. The van der Waals surface area contributed by atoms with Crippen molar-refractivity contribution in [2.45, 2.75) is 13.0 Å². The molecule has 1 saturated heterocycles. The number of aryl methyl sites for hydroxylation is 1. The van der Waals surface area contributed by atoms with Crippen molar-refractivity contribution in [1.29, 1.82) is 0 Å². The molecule has 1 aromatic heterocycles. The lowest BCUT2D eigenvalue weighted by molar-refractivity contribution is -1.02. The molecule has 0 aliphatic carbocycles. The van der Waals surface area contributed by atoms with E-state index in [2.05, 4.69) is 35.2 Å². The molecular weight excluding hydrogens is 367 g/mol. The number of benzene rings is 1. The quantitative estimate of drug-likeness (QED) is 0.562. The van der Waals surface area contributed by atoms with E-state index in [0.29, 0.717) is 22.4 Å². The highest BCUT2D eigenvalue weighted by atomic mass is 32.1. The van der Waals surface area contributed by atoms with E-state index in [0.717, 1.165) is 6.54 Å². The van der Waals surface area contributed by atoms with Crippen molar-refractivity contribution >= 4 is 34.4 Å². The molecule has 4 N–H and O–H groups in total. The van der Waals surface area contributed by atoms with Crippen molar-refractivity contribution in [3.8, 4) is 0 Å². The zero-order valence-electron chi connectivity index (χ0n) is 15.3. The highest BCUT2D eigenvalue weighted by Gasteiger charge is 2.29. The number of rotatable bonds is 5. The highest BCUT2D eigenvalue weighted by molar-refractivity contribution is 7.80. The number of hydrogen-bond donors (Lipinski definition) is 4. The summed E-state index contributed by atoms with van der Waals surface area (Å²) in [6, 6.07) is 9.79. The van der Waals surface area contributed by atoms with Gasteiger partial charge < -0.3 is 20.4 Å². The molecule has 1 fully saturated rings. The summed E-state index contributed by atoms with van der Waals surface area (Å²) in [7, 11) is 2.26. The molecule has 0 radical (unpaired) electrons. The van der Waals surface area contributed by atoms with Gasteiger partial charge in [-0.15, -0.1) is 11.3 Å². The number of anilines is 1. The average Bonchev–Trinajstić information content (AvgIpc) is 3.14. The Morgan fingerprint density at radius 1 is 1.27 bits per heavy atom. The fourth-order valence-corrected chi connectivity index (χ4v) is 4.41. The molecule has 0 amide bonds. The summed E-state index contributed by atoms with van der Waals surface area (Å²) in [5, 5.41) is 9.10. The molecule has 0 spiro atoms. The van der Waals surface area contributed by atoms with E-state index in [1.165, 1.54) is 37.1 Å². The second kappa shape index (κ2) is 8.90. The van der Waals surface area contributed by atoms with E-state index in [4.69, 9.17) is 12.2 Å². The molecule has 1 aromatic carbocycles. The average molecular weight is 395 g/mol. The number of quaternary nitrogens is 2. The lowest BCUT2D eigenvalue weighted by Crippen LogP contribution is -3.27. The number of halogens is 1. The molecule has 0 saturated carbocycles. The molecule has 1 aliphatic heterocycles. The molecule has 26 heavy (non-hydrogen) atoms. The molecule has 1 atom stereocenters. The van der Waals surface area contributed by atoms with Gasteiger partial charge in [-0.2, -0.15) is 0 Å². The first-order valence-electron chi connectivity index (χ1n) is 9.03. The minimum absolute atomic E-state index is 0.223. The Morgan fingerprint density at radius 3 is 2.69 bits per heavy atom. The van der Waals surface area contributed by atoms with Gasteiger partial charge in [-0.3, -0.25) is 0 Å². The van der Waals surface area contributed by atoms with Gasteiger partial charge >= 0.3 is 0 Å². The van der Waals surface area contributed by atoms with Gasteiger partial charge in [-0.25, -0.2) is 4.39 Å². The van der Waals surface area contributed by atoms with Crippen LogP contribution in [-0.2, 0) is 0 Å².